The van der Waals surface area contributed by atoms with E-state index in [2.05, 4.69) is 48.1 Å². The van der Waals surface area contributed by atoms with Gasteiger partial charge in [0.05, 0.1) is 0 Å². The van der Waals surface area contributed by atoms with Crippen molar-refractivity contribution >= 4 is 11.8 Å². The van der Waals surface area contributed by atoms with E-state index in [9.17, 15) is 4.79 Å². The van der Waals surface area contributed by atoms with Gasteiger partial charge in [-0.3, -0.25) is 0 Å². The molecule has 6 heteroatoms. The Kier molecular flexibility index (Phi) is 5.94. The molecule has 1 fully saturated rings. The van der Waals surface area contributed by atoms with Crippen LogP contribution in [0.5, 0.6) is 0 Å². The maximum absolute atomic E-state index is 12.5. The number of nitrogens with zero attached hydrogens (tertiary/aromatic N) is 4. The molecule has 1 N–H and O–H groups in total. The molecular weight excluding hydrogens is 338 g/mol. The van der Waals surface area contributed by atoms with Crippen molar-refractivity contribution in [3.8, 4) is 0 Å². The second kappa shape index (κ2) is 8.37. The molecule has 27 heavy (non-hydrogen) atoms. The van der Waals surface area contributed by atoms with Crippen LogP contribution in [0.2, 0.25) is 0 Å². The molecule has 1 aliphatic rings. The topological polar surface area (TPSA) is 61.4 Å². The molecule has 1 saturated heterocycles. The van der Waals surface area contributed by atoms with Crippen molar-refractivity contribution in [1.82, 2.24) is 20.2 Å². The predicted molar refractivity (Wildman–Crippen MR) is 108 cm³/mol. The number of hydrogen-bond acceptors (Lipinski definition) is 4. The summed E-state index contributed by atoms with van der Waals surface area (Å²) in [6.07, 6.45) is 0. The Labute approximate surface area is 161 Å². The summed E-state index contributed by atoms with van der Waals surface area (Å²) in [5.74, 6) is 2.15. The summed E-state index contributed by atoms with van der Waals surface area (Å²) < 4.78 is 0. The number of hydrogen-bond donors (Lipinski definition) is 1. The number of benzene rings is 1. The van der Waals surface area contributed by atoms with E-state index in [-0.39, 0.29) is 6.03 Å². The van der Waals surface area contributed by atoms with Crippen molar-refractivity contribution < 1.29 is 4.79 Å². The van der Waals surface area contributed by atoms with Gasteiger partial charge in [-0.15, -0.1) is 0 Å². The third-order valence-corrected chi connectivity index (χ3v) is 4.79. The van der Waals surface area contributed by atoms with Crippen LogP contribution >= 0.6 is 0 Å². The van der Waals surface area contributed by atoms with Crippen LogP contribution in [-0.4, -0.2) is 47.1 Å². The van der Waals surface area contributed by atoms with Gasteiger partial charge in [0, 0.05) is 50.4 Å². The first kappa shape index (κ1) is 19.1. The molecule has 2 amide bonds. The highest BCUT2D eigenvalue weighted by molar-refractivity contribution is 5.74. The number of aromatic nitrogens is 2. The lowest BCUT2D eigenvalue weighted by Gasteiger charge is -2.35. The Balaban J connectivity index is 1.55. The fraction of sp³-hybridized carbons (Fsp3) is 0.476. The van der Waals surface area contributed by atoms with Crippen LogP contribution in [0.25, 0.3) is 0 Å². The Morgan fingerprint density at radius 3 is 2.52 bits per heavy atom. The van der Waals surface area contributed by atoms with Gasteiger partial charge in [-0.2, -0.15) is 0 Å². The average Bonchev–Trinajstić information content (AvgIpc) is 2.66. The van der Waals surface area contributed by atoms with Gasteiger partial charge in [0.2, 0.25) is 0 Å². The molecule has 1 aromatic carbocycles. The summed E-state index contributed by atoms with van der Waals surface area (Å²) in [4.78, 5) is 25.8. The van der Waals surface area contributed by atoms with E-state index in [4.69, 9.17) is 4.98 Å². The van der Waals surface area contributed by atoms with Gasteiger partial charge in [0.25, 0.3) is 0 Å². The van der Waals surface area contributed by atoms with Crippen LogP contribution in [0.1, 0.15) is 42.4 Å². The van der Waals surface area contributed by atoms with Crippen molar-refractivity contribution in [2.75, 3.05) is 31.1 Å². The molecule has 1 aromatic heterocycles. The number of amides is 2. The molecule has 0 atom stereocenters. The van der Waals surface area contributed by atoms with Crippen LogP contribution in [0.3, 0.4) is 0 Å². The highest BCUT2D eigenvalue weighted by Crippen LogP contribution is 2.18. The molecular formula is C21H29N5O. The third-order valence-electron chi connectivity index (χ3n) is 4.79. The fourth-order valence-corrected chi connectivity index (χ4v) is 3.24. The number of nitrogens with one attached hydrogen (secondary N) is 1. The summed E-state index contributed by atoms with van der Waals surface area (Å²) in [5.41, 5.74) is 3.32. The zero-order valence-corrected chi connectivity index (χ0v) is 16.7. The second-order valence-corrected chi connectivity index (χ2v) is 7.50. The number of aryl methyl sites for hydroxylation is 2. The van der Waals surface area contributed by atoms with E-state index >= 15 is 0 Å². The summed E-state index contributed by atoms with van der Waals surface area (Å²) in [5, 5.41) is 3.03. The molecule has 0 spiro atoms. The molecule has 0 saturated carbocycles. The number of rotatable bonds is 4. The minimum Gasteiger partial charge on any atom is -0.353 e. The molecule has 6 nitrogen and oxygen atoms in total. The lowest BCUT2D eigenvalue weighted by molar-refractivity contribution is 0.194. The Hall–Kier alpha value is -2.63. The normalized spacial score (nSPS) is 14.6. The number of carbonyl (C=O) groups excluding carboxylic acids is 1. The van der Waals surface area contributed by atoms with E-state index in [1.165, 1.54) is 5.56 Å². The van der Waals surface area contributed by atoms with Crippen molar-refractivity contribution in [2.45, 2.75) is 40.2 Å². The van der Waals surface area contributed by atoms with Gasteiger partial charge in [-0.1, -0.05) is 43.7 Å². The quantitative estimate of drug-likeness (QED) is 0.901. The summed E-state index contributed by atoms with van der Waals surface area (Å²) in [6, 6.07) is 10.2. The predicted octanol–water partition coefficient (Wildman–Crippen LogP) is 3.25. The molecule has 3 rings (SSSR count). The van der Waals surface area contributed by atoms with Crippen LogP contribution < -0.4 is 10.2 Å². The highest BCUT2D eigenvalue weighted by Gasteiger charge is 2.22. The van der Waals surface area contributed by atoms with E-state index in [1.807, 2.05) is 30.0 Å². The summed E-state index contributed by atoms with van der Waals surface area (Å²) >= 11 is 0. The first-order chi connectivity index (χ1) is 12.9. The van der Waals surface area contributed by atoms with Gasteiger partial charge in [0.1, 0.15) is 11.6 Å². The first-order valence-electron chi connectivity index (χ1n) is 9.61. The highest BCUT2D eigenvalue weighted by atomic mass is 16.2. The molecule has 0 radical (unpaired) electrons. The van der Waals surface area contributed by atoms with E-state index in [1.54, 1.807) is 0 Å². The maximum Gasteiger partial charge on any atom is 0.317 e. The molecule has 0 unspecified atom stereocenters. The summed E-state index contributed by atoms with van der Waals surface area (Å²) in [7, 11) is 0. The minimum absolute atomic E-state index is 0.00195. The first-order valence-corrected chi connectivity index (χ1v) is 9.61. The number of piperazine rings is 1. The molecule has 0 bridgehead atoms. The summed E-state index contributed by atoms with van der Waals surface area (Å²) in [6.45, 7) is 11.8. The van der Waals surface area contributed by atoms with E-state index in [0.29, 0.717) is 25.6 Å². The van der Waals surface area contributed by atoms with Gasteiger partial charge in [-0.05, 0) is 19.4 Å². The van der Waals surface area contributed by atoms with Gasteiger partial charge in [-0.25, -0.2) is 14.8 Å². The van der Waals surface area contributed by atoms with Crippen molar-refractivity contribution in [3.63, 3.8) is 0 Å². The molecule has 0 aliphatic carbocycles. The Bertz CT molecular complexity index is 797. The standard InChI is InChI=1S/C21H29N5O/c1-15(2)20-23-17(4)13-19(24-20)25-8-10-26(11-9-25)21(27)22-14-18-7-5-6-16(3)12-18/h5-7,12-13,15H,8-11,14H2,1-4H3,(H,22,27). The molecule has 2 aromatic rings. The van der Waals surface area contributed by atoms with E-state index in [0.717, 1.165) is 36.0 Å². The smallest absolute Gasteiger partial charge is 0.317 e. The largest absolute Gasteiger partial charge is 0.353 e. The SMILES string of the molecule is Cc1cccc(CNC(=O)N2CCN(c3cc(C)nc(C(C)C)n3)CC2)c1. The van der Waals surface area contributed by atoms with Crippen molar-refractivity contribution in [3.05, 3.63) is 53.0 Å². The van der Waals surface area contributed by atoms with Crippen molar-refractivity contribution in [2.24, 2.45) is 0 Å². The second-order valence-electron chi connectivity index (χ2n) is 7.50. The monoisotopic (exact) mass is 367 g/mol. The lowest BCUT2D eigenvalue weighted by Crippen LogP contribution is -2.52. The fourth-order valence-electron chi connectivity index (χ4n) is 3.24. The van der Waals surface area contributed by atoms with Crippen molar-refractivity contribution in [1.29, 1.82) is 0 Å². The lowest BCUT2D eigenvalue weighted by atomic mass is 10.1. The van der Waals surface area contributed by atoms with E-state index < -0.39 is 0 Å². The Morgan fingerprint density at radius 1 is 1.11 bits per heavy atom. The molecule has 144 valence electrons. The van der Waals surface area contributed by atoms with Crippen LogP contribution in [0, 0.1) is 13.8 Å². The van der Waals surface area contributed by atoms with Crippen LogP contribution in [0.15, 0.2) is 30.3 Å². The Morgan fingerprint density at radius 2 is 1.85 bits per heavy atom. The van der Waals surface area contributed by atoms with Crippen LogP contribution in [-0.2, 0) is 6.54 Å². The minimum atomic E-state index is -0.00195. The van der Waals surface area contributed by atoms with Gasteiger partial charge >= 0.3 is 6.03 Å². The molecule has 1 aliphatic heterocycles. The zero-order valence-electron chi connectivity index (χ0n) is 16.7. The average molecular weight is 367 g/mol. The van der Waals surface area contributed by atoms with Crippen LogP contribution in [0.4, 0.5) is 10.6 Å². The van der Waals surface area contributed by atoms with Gasteiger partial charge < -0.3 is 15.1 Å². The maximum atomic E-state index is 12.5. The third kappa shape index (κ3) is 4.96. The number of carbonyl (C=O) groups is 1. The zero-order chi connectivity index (χ0) is 19.4. The number of anilines is 1. The molecule has 2 heterocycles. The number of urea groups is 1. The van der Waals surface area contributed by atoms with Gasteiger partial charge in [0.15, 0.2) is 0 Å².